The highest BCUT2D eigenvalue weighted by atomic mass is 79.9. The summed E-state index contributed by atoms with van der Waals surface area (Å²) in [5.74, 6) is -4.98. The number of fused-ring (bicyclic) bond motifs is 4. The van der Waals surface area contributed by atoms with Crippen LogP contribution >= 0.6 is 31.9 Å². The van der Waals surface area contributed by atoms with E-state index in [9.17, 15) is 24.3 Å². The SMILES string of the molecule is CCOc1cccc([C@H]2C3=CC[C@@H]4C(=O)N(c5ccc(Br)cc5)C(=O)[C@@H]4[C@@H]3C[C@H]3C(=O)N(c4ccc(Br)cc4)C(=O)[C@@H]23)c1O. The third-order valence-corrected chi connectivity index (χ3v) is 10.5. The second kappa shape index (κ2) is 11.0. The van der Waals surface area contributed by atoms with Gasteiger partial charge in [0.15, 0.2) is 11.5 Å². The van der Waals surface area contributed by atoms with Crippen LogP contribution in [-0.4, -0.2) is 35.3 Å². The van der Waals surface area contributed by atoms with Crippen LogP contribution in [0.3, 0.4) is 0 Å². The van der Waals surface area contributed by atoms with Gasteiger partial charge in [0.1, 0.15) is 0 Å². The van der Waals surface area contributed by atoms with E-state index < -0.39 is 35.5 Å². The predicted octanol–water partition coefficient (Wildman–Crippen LogP) is 6.36. The van der Waals surface area contributed by atoms with Gasteiger partial charge < -0.3 is 9.84 Å². The van der Waals surface area contributed by atoms with Crippen LogP contribution < -0.4 is 14.5 Å². The Kier molecular flexibility index (Phi) is 7.24. The highest BCUT2D eigenvalue weighted by molar-refractivity contribution is 9.10. The van der Waals surface area contributed by atoms with Crippen molar-refractivity contribution in [3.63, 3.8) is 0 Å². The van der Waals surface area contributed by atoms with Crippen LogP contribution in [0.1, 0.15) is 31.2 Å². The van der Waals surface area contributed by atoms with Gasteiger partial charge in [0, 0.05) is 20.4 Å². The van der Waals surface area contributed by atoms with E-state index in [1.807, 2.05) is 13.0 Å². The van der Waals surface area contributed by atoms with Gasteiger partial charge in [-0.2, -0.15) is 0 Å². The molecule has 1 saturated carbocycles. The van der Waals surface area contributed by atoms with Gasteiger partial charge in [0.2, 0.25) is 23.6 Å². The van der Waals surface area contributed by atoms with Crippen molar-refractivity contribution >= 4 is 66.9 Å². The number of phenolic OH excluding ortho intramolecular Hbond substituents is 1. The largest absolute Gasteiger partial charge is 0.504 e. The van der Waals surface area contributed by atoms with Crippen LogP contribution in [0.2, 0.25) is 0 Å². The molecule has 0 unspecified atom stereocenters. The number of amides is 4. The topological polar surface area (TPSA) is 104 Å². The zero-order chi connectivity index (χ0) is 30.9. The lowest BCUT2D eigenvalue weighted by Crippen LogP contribution is -2.43. The van der Waals surface area contributed by atoms with Crippen molar-refractivity contribution in [1.29, 1.82) is 0 Å². The Morgan fingerprint density at radius 3 is 1.91 bits per heavy atom. The summed E-state index contributed by atoms with van der Waals surface area (Å²) in [4.78, 5) is 58.7. The molecule has 44 heavy (non-hydrogen) atoms. The molecule has 0 radical (unpaired) electrons. The Bertz CT molecular complexity index is 1740. The molecular formula is C34H28Br2N2O6. The Balaban J connectivity index is 1.35. The van der Waals surface area contributed by atoms with Crippen LogP contribution in [-0.2, 0) is 19.2 Å². The standard InChI is InChI=1S/C34H28Br2N2O6/c1-2-44-26-5-3-4-22(30(26)39)27-21-14-15-23-28(33(42)37(31(23)40)19-10-6-17(35)7-11-19)24(21)16-25-29(27)34(43)38(32(25)41)20-12-8-18(36)9-13-20/h3-14,23-25,27-29,39H,2,15-16H2,1H3/t23-,24+,25+,27+,28-,29+/m0/s1. The van der Waals surface area contributed by atoms with E-state index in [0.717, 1.165) is 14.5 Å². The number of nitrogens with zero attached hydrogens (tertiary/aromatic N) is 2. The van der Waals surface area contributed by atoms with Gasteiger partial charge in [-0.05, 0) is 80.3 Å². The molecule has 7 rings (SSSR count). The highest BCUT2D eigenvalue weighted by Gasteiger charge is 2.62. The summed E-state index contributed by atoms with van der Waals surface area (Å²) in [5, 5.41) is 11.4. The third kappa shape index (κ3) is 4.36. The summed E-state index contributed by atoms with van der Waals surface area (Å²) >= 11 is 6.82. The zero-order valence-corrected chi connectivity index (χ0v) is 26.8. The summed E-state index contributed by atoms with van der Waals surface area (Å²) in [6.45, 7) is 2.15. The molecular weight excluding hydrogens is 692 g/mol. The lowest BCUT2D eigenvalue weighted by Gasteiger charge is -2.44. The van der Waals surface area contributed by atoms with Crippen molar-refractivity contribution in [2.24, 2.45) is 29.6 Å². The molecule has 2 heterocycles. The first-order chi connectivity index (χ1) is 21.2. The van der Waals surface area contributed by atoms with E-state index in [2.05, 4.69) is 31.9 Å². The molecule has 2 saturated heterocycles. The maximum atomic E-state index is 14.2. The Hall–Kier alpha value is -3.76. The fourth-order valence-corrected chi connectivity index (χ4v) is 8.22. The number of aromatic hydroxyl groups is 1. The first kappa shape index (κ1) is 29.0. The maximum absolute atomic E-state index is 14.2. The van der Waals surface area contributed by atoms with Crippen LogP contribution in [0.25, 0.3) is 0 Å². The van der Waals surface area contributed by atoms with Gasteiger partial charge in [-0.25, -0.2) is 0 Å². The van der Waals surface area contributed by atoms with Crippen molar-refractivity contribution in [3.8, 4) is 11.5 Å². The third-order valence-electron chi connectivity index (χ3n) is 9.48. The fourth-order valence-electron chi connectivity index (χ4n) is 7.69. The summed E-state index contributed by atoms with van der Waals surface area (Å²) < 4.78 is 7.34. The summed E-state index contributed by atoms with van der Waals surface area (Å²) in [6.07, 6.45) is 2.55. The van der Waals surface area contributed by atoms with Crippen LogP contribution in [0.4, 0.5) is 11.4 Å². The van der Waals surface area contributed by atoms with Crippen molar-refractivity contribution in [2.45, 2.75) is 25.7 Å². The normalized spacial score (nSPS) is 27.7. The van der Waals surface area contributed by atoms with Crippen molar-refractivity contribution in [3.05, 3.63) is 92.9 Å². The number of carbonyl (C=O) groups excluding carboxylic acids is 4. The number of para-hydroxylation sites is 1. The van der Waals surface area contributed by atoms with E-state index >= 15 is 0 Å². The van der Waals surface area contributed by atoms with Crippen LogP contribution in [0.15, 0.2) is 87.3 Å². The molecule has 10 heteroatoms. The number of benzene rings is 3. The number of allylic oxidation sites excluding steroid dienone is 2. The van der Waals surface area contributed by atoms with Gasteiger partial charge in [-0.3, -0.25) is 29.0 Å². The summed E-state index contributed by atoms with van der Waals surface area (Å²) in [5.41, 5.74) is 2.25. The van der Waals surface area contributed by atoms with Crippen LogP contribution in [0.5, 0.6) is 11.5 Å². The highest BCUT2D eigenvalue weighted by Crippen LogP contribution is 2.59. The molecule has 3 aromatic carbocycles. The Morgan fingerprint density at radius 1 is 0.750 bits per heavy atom. The molecule has 4 amide bonds. The first-order valence-corrected chi connectivity index (χ1v) is 16.2. The van der Waals surface area contributed by atoms with Gasteiger partial charge in [-0.15, -0.1) is 0 Å². The van der Waals surface area contributed by atoms with Crippen molar-refractivity contribution in [1.82, 2.24) is 0 Å². The smallest absolute Gasteiger partial charge is 0.238 e. The zero-order valence-electron chi connectivity index (χ0n) is 23.7. The quantitative estimate of drug-likeness (QED) is 0.243. The Morgan fingerprint density at radius 2 is 1.32 bits per heavy atom. The number of hydrogen-bond acceptors (Lipinski definition) is 6. The summed E-state index contributed by atoms with van der Waals surface area (Å²) in [7, 11) is 0. The van der Waals surface area contributed by atoms with E-state index in [1.165, 1.54) is 9.80 Å². The van der Waals surface area contributed by atoms with Crippen molar-refractivity contribution in [2.75, 3.05) is 16.4 Å². The number of rotatable bonds is 5. The van der Waals surface area contributed by atoms with E-state index in [4.69, 9.17) is 4.74 Å². The molecule has 4 aliphatic rings. The average Bonchev–Trinajstić information content (AvgIpc) is 3.42. The van der Waals surface area contributed by atoms with E-state index in [0.29, 0.717) is 30.0 Å². The monoisotopic (exact) mass is 718 g/mol. The van der Waals surface area contributed by atoms with Gasteiger partial charge >= 0.3 is 0 Å². The summed E-state index contributed by atoms with van der Waals surface area (Å²) in [6, 6.07) is 19.2. The van der Waals surface area contributed by atoms with E-state index in [-0.39, 0.29) is 41.5 Å². The minimum absolute atomic E-state index is 0.0885. The first-order valence-electron chi connectivity index (χ1n) is 14.6. The number of imide groups is 2. The second-order valence-electron chi connectivity index (χ2n) is 11.6. The van der Waals surface area contributed by atoms with Gasteiger partial charge in [0.05, 0.1) is 41.7 Å². The van der Waals surface area contributed by atoms with Crippen LogP contribution in [0, 0.1) is 29.6 Å². The van der Waals surface area contributed by atoms with Crippen molar-refractivity contribution < 1.29 is 29.0 Å². The predicted molar refractivity (Wildman–Crippen MR) is 170 cm³/mol. The molecule has 1 N–H and O–H groups in total. The molecule has 8 nitrogen and oxygen atoms in total. The van der Waals surface area contributed by atoms with E-state index in [1.54, 1.807) is 66.7 Å². The number of ether oxygens (including phenoxy) is 1. The van der Waals surface area contributed by atoms with Gasteiger partial charge in [-0.1, -0.05) is 55.6 Å². The molecule has 2 aliphatic heterocycles. The number of halogens is 2. The molecule has 2 aliphatic carbocycles. The minimum atomic E-state index is -0.789. The number of hydrogen-bond donors (Lipinski definition) is 1. The average molecular weight is 720 g/mol. The maximum Gasteiger partial charge on any atom is 0.238 e. The number of anilines is 2. The molecule has 3 aromatic rings. The molecule has 3 fully saturated rings. The number of carbonyl (C=O) groups is 4. The lowest BCUT2D eigenvalue weighted by atomic mass is 9.57. The fraction of sp³-hybridized carbons (Fsp3) is 0.294. The molecule has 224 valence electrons. The number of phenols is 1. The second-order valence-corrected chi connectivity index (χ2v) is 13.5. The lowest BCUT2D eigenvalue weighted by molar-refractivity contribution is -0.126. The molecule has 0 spiro atoms. The molecule has 0 aromatic heterocycles. The minimum Gasteiger partial charge on any atom is -0.504 e. The van der Waals surface area contributed by atoms with Gasteiger partial charge in [0.25, 0.3) is 0 Å². The Labute approximate surface area is 270 Å². The molecule has 6 atom stereocenters. The molecule has 0 bridgehead atoms.